The SMILES string of the molecule is Cc1ccc(S(=O)(=O)N2CCc3nc(NC(=O)[C@@H](C)Oc4cccc(Cl)c4)sc3C2)cc1. The molecule has 0 fully saturated rings. The van der Waals surface area contributed by atoms with Gasteiger partial charge in [-0.2, -0.15) is 4.31 Å². The molecule has 0 radical (unpaired) electrons. The van der Waals surface area contributed by atoms with Crippen molar-refractivity contribution in [1.82, 2.24) is 9.29 Å². The van der Waals surface area contributed by atoms with E-state index in [-0.39, 0.29) is 17.3 Å². The Hall–Kier alpha value is -2.46. The molecule has 1 aliphatic heterocycles. The number of hydrogen-bond donors (Lipinski definition) is 1. The van der Waals surface area contributed by atoms with Gasteiger partial charge in [0.05, 0.1) is 17.1 Å². The zero-order valence-electron chi connectivity index (χ0n) is 17.5. The molecule has 1 N–H and O–H groups in total. The first kappa shape index (κ1) is 22.7. The van der Waals surface area contributed by atoms with Crippen molar-refractivity contribution in [2.24, 2.45) is 0 Å². The second-order valence-electron chi connectivity index (χ2n) is 7.50. The van der Waals surface area contributed by atoms with Crippen molar-refractivity contribution in [3.8, 4) is 5.75 Å². The van der Waals surface area contributed by atoms with Gasteiger partial charge >= 0.3 is 0 Å². The van der Waals surface area contributed by atoms with Crippen LogP contribution in [0.15, 0.2) is 53.4 Å². The van der Waals surface area contributed by atoms with E-state index in [1.165, 1.54) is 15.6 Å². The van der Waals surface area contributed by atoms with E-state index >= 15 is 0 Å². The number of halogens is 1. The van der Waals surface area contributed by atoms with E-state index in [1.807, 2.05) is 6.92 Å². The van der Waals surface area contributed by atoms with E-state index in [1.54, 1.807) is 55.5 Å². The van der Waals surface area contributed by atoms with Gasteiger partial charge in [-0.05, 0) is 44.2 Å². The number of nitrogens with one attached hydrogen (secondary N) is 1. The molecule has 1 aromatic heterocycles. The van der Waals surface area contributed by atoms with Gasteiger partial charge in [0.25, 0.3) is 5.91 Å². The molecule has 0 spiro atoms. The van der Waals surface area contributed by atoms with Crippen LogP contribution in [-0.4, -0.2) is 36.3 Å². The maximum atomic E-state index is 13.0. The highest BCUT2D eigenvalue weighted by molar-refractivity contribution is 7.89. The molecule has 1 aliphatic rings. The van der Waals surface area contributed by atoms with Gasteiger partial charge in [0.15, 0.2) is 11.2 Å². The zero-order chi connectivity index (χ0) is 22.9. The van der Waals surface area contributed by atoms with Gasteiger partial charge in [-0.3, -0.25) is 10.1 Å². The normalized spacial score (nSPS) is 15.1. The van der Waals surface area contributed by atoms with E-state index < -0.39 is 16.1 Å². The van der Waals surface area contributed by atoms with Crippen LogP contribution in [0.4, 0.5) is 5.13 Å². The molecule has 0 bridgehead atoms. The first-order valence-corrected chi connectivity index (χ1v) is 12.6. The fraction of sp³-hybridized carbons (Fsp3) is 0.273. The minimum Gasteiger partial charge on any atom is -0.481 e. The van der Waals surface area contributed by atoms with Gasteiger partial charge in [-0.15, -0.1) is 11.3 Å². The Morgan fingerprint density at radius 2 is 2.00 bits per heavy atom. The average Bonchev–Trinajstić information content (AvgIpc) is 3.15. The van der Waals surface area contributed by atoms with E-state index in [2.05, 4.69) is 10.3 Å². The minimum absolute atomic E-state index is 0.230. The molecule has 0 aliphatic carbocycles. The standard InChI is InChI=1S/C22H22ClN3O4S2/c1-14-6-8-18(9-7-14)32(28,29)26-11-10-19-20(13-26)31-22(24-19)25-21(27)15(2)30-17-5-3-4-16(23)12-17/h3-9,12,15H,10-11,13H2,1-2H3,(H,24,25,27)/t15-/m1/s1. The average molecular weight is 492 g/mol. The third-order valence-corrected chi connectivity index (χ3v) is 8.16. The molecule has 10 heteroatoms. The third-order valence-electron chi connectivity index (χ3n) is 5.06. The van der Waals surface area contributed by atoms with Crippen LogP contribution in [0.2, 0.25) is 5.02 Å². The number of aryl methyl sites for hydroxylation is 1. The summed E-state index contributed by atoms with van der Waals surface area (Å²) in [6.07, 6.45) is -0.269. The van der Waals surface area contributed by atoms with Crippen LogP contribution in [0.3, 0.4) is 0 Å². The number of nitrogens with zero attached hydrogens (tertiary/aromatic N) is 2. The summed E-state index contributed by atoms with van der Waals surface area (Å²) in [5, 5.41) is 3.72. The number of sulfonamides is 1. The van der Waals surface area contributed by atoms with Gasteiger partial charge in [-0.25, -0.2) is 13.4 Å². The number of amides is 1. The van der Waals surface area contributed by atoms with E-state index in [0.29, 0.717) is 28.9 Å². The van der Waals surface area contributed by atoms with Crippen LogP contribution in [0.25, 0.3) is 0 Å². The van der Waals surface area contributed by atoms with Crippen molar-refractivity contribution in [2.45, 2.75) is 37.8 Å². The number of fused-ring (bicyclic) bond motifs is 1. The van der Waals surface area contributed by atoms with Crippen LogP contribution >= 0.6 is 22.9 Å². The number of ether oxygens (including phenoxy) is 1. The van der Waals surface area contributed by atoms with Crippen molar-refractivity contribution < 1.29 is 17.9 Å². The van der Waals surface area contributed by atoms with Crippen LogP contribution in [0.5, 0.6) is 5.75 Å². The van der Waals surface area contributed by atoms with Crippen molar-refractivity contribution in [3.63, 3.8) is 0 Å². The van der Waals surface area contributed by atoms with Crippen LogP contribution in [0.1, 0.15) is 23.1 Å². The van der Waals surface area contributed by atoms with Crippen molar-refractivity contribution in [2.75, 3.05) is 11.9 Å². The highest BCUT2D eigenvalue weighted by Gasteiger charge is 2.30. The third kappa shape index (κ3) is 4.96. The quantitative estimate of drug-likeness (QED) is 0.556. The minimum atomic E-state index is -3.59. The molecular weight excluding hydrogens is 470 g/mol. The van der Waals surface area contributed by atoms with Gasteiger partial charge in [0.2, 0.25) is 10.0 Å². The predicted molar refractivity (Wildman–Crippen MR) is 125 cm³/mol. The predicted octanol–water partition coefficient (Wildman–Crippen LogP) is 4.26. The summed E-state index contributed by atoms with van der Waals surface area (Å²) < 4.78 is 33.1. The molecule has 0 saturated heterocycles. The number of carbonyl (C=O) groups is 1. The van der Waals surface area contributed by atoms with Crippen molar-refractivity contribution in [1.29, 1.82) is 0 Å². The lowest BCUT2D eigenvalue weighted by atomic mass is 10.2. The maximum Gasteiger partial charge on any atom is 0.266 e. The summed E-state index contributed by atoms with van der Waals surface area (Å²) >= 11 is 7.23. The molecule has 32 heavy (non-hydrogen) atoms. The van der Waals surface area contributed by atoms with Crippen molar-refractivity contribution in [3.05, 3.63) is 69.7 Å². The second kappa shape index (κ2) is 9.19. The number of anilines is 1. The molecule has 4 rings (SSSR count). The lowest BCUT2D eigenvalue weighted by molar-refractivity contribution is -0.122. The van der Waals surface area contributed by atoms with Crippen LogP contribution in [0, 0.1) is 6.92 Å². The number of thiazole rings is 1. The largest absolute Gasteiger partial charge is 0.481 e. The van der Waals surface area contributed by atoms with Crippen LogP contribution in [-0.2, 0) is 27.8 Å². The molecule has 2 aromatic carbocycles. The molecule has 0 unspecified atom stereocenters. The highest BCUT2D eigenvalue weighted by Crippen LogP contribution is 2.31. The molecule has 3 aromatic rings. The number of benzene rings is 2. The Balaban J connectivity index is 1.43. The van der Waals surface area contributed by atoms with Gasteiger partial charge in [-0.1, -0.05) is 35.4 Å². The lowest BCUT2D eigenvalue weighted by Gasteiger charge is -2.25. The molecule has 168 valence electrons. The summed E-state index contributed by atoms with van der Waals surface area (Å²) in [4.78, 5) is 18.1. The van der Waals surface area contributed by atoms with E-state index in [9.17, 15) is 13.2 Å². The number of rotatable bonds is 6. The Kier molecular flexibility index (Phi) is 6.52. The molecule has 2 heterocycles. The summed E-state index contributed by atoms with van der Waals surface area (Å²) in [6, 6.07) is 13.6. The molecule has 7 nitrogen and oxygen atoms in total. The molecule has 1 amide bonds. The fourth-order valence-corrected chi connectivity index (χ4v) is 5.99. The number of aromatic nitrogens is 1. The van der Waals surface area contributed by atoms with Crippen LogP contribution < -0.4 is 10.1 Å². The molecule has 0 saturated carbocycles. The first-order chi connectivity index (χ1) is 15.2. The Bertz CT molecular complexity index is 1240. The topological polar surface area (TPSA) is 88.6 Å². The van der Waals surface area contributed by atoms with Gasteiger partial charge in [0.1, 0.15) is 5.75 Å². The summed E-state index contributed by atoms with van der Waals surface area (Å²) in [7, 11) is -3.59. The fourth-order valence-electron chi connectivity index (χ4n) is 3.29. The Morgan fingerprint density at radius 1 is 1.25 bits per heavy atom. The summed E-state index contributed by atoms with van der Waals surface area (Å²) in [5.41, 5.74) is 1.81. The second-order valence-corrected chi connectivity index (χ2v) is 11.0. The Labute approximate surface area is 196 Å². The van der Waals surface area contributed by atoms with Gasteiger partial charge in [0, 0.05) is 22.9 Å². The van der Waals surface area contributed by atoms with E-state index in [0.717, 1.165) is 16.1 Å². The van der Waals surface area contributed by atoms with E-state index in [4.69, 9.17) is 16.3 Å². The Morgan fingerprint density at radius 3 is 2.72 bits per heavy atom. The maximum absolute atomic E-state index is 13.0. The highest BCUT2D eigenvalue weighted by atomic mass is 35.5. The summed E-state index contributed by atoms with van der Waals surface area (Å²) in [5.74, 6) is 0.149. The van der Waals surface area contributed by atoms with Crippen molar-refractivity contribution >= 4 is 44.0 Å². The summed E-state index contributed by atoms with van der Waals surface area (Å²) in [6.45, 7) is 4.12. The smallest absolute Gasteiger partial charge is 0.266 e. The van der Waals surface area contributed by atoms with Gasteiger partial charge < -0.3 is 4.74 Å². The molecular formula is C22H22ClN3O4S2. The lowest BCUT2D eigenvalue weighted by Crippen LogP contribution is -2.35. The monoisotopic (exact) mass is 491 g/mol. The first-order valence-electron chi connectivity index (χ1n) is 10.0. The number of hydrogen-bond acceptors (Lipinski definition) is 6. The molecule has 1 atom stereocenters. The number of carbonyl (C=O) groups excluding carboxylic acids is 1. The zero-order valence-corrected chi connectivity index (χ0v) is 19.9.